The molecule has 0 radical (unpaired) electrons. The molecule has 2 fully saturated rings. The van der Waals surface area contributed by atoms with Gasteiger partial charge in [-0.2, -0.15) is 10.1 Å². The summed E-state index contributed by atoms with van der Waals surface area (Å²) in [5, 5.41) is 7.74. The Morgan fingerprint density at radius 1 is 0.941 bits per heavy atom. The van der Waals surface area contributed by atoms with E-state index in [0.717, 1.165) is 33.5 Å². The molecule has 170 valence electrons. The lowest BCUT2D eigenvalue weighted by Gasteiger charge is -2.37. The lowest BCUT2D eigenvalue weighted by atomic mass is 9.63. The van der Waals surface area contributed by atoms with E-state index in [9.17, 15) is 9.59 Å². The fourth-order valence-corrected chi connectivity index (χ4v) is 6.10. The fraction of sp³-hybridized carbons (Fsp3) is 0.250. The van der Waals surface area contributed by atoms with Crippen molar-refractivity contribution in [1.29, 1.82) is 0 Å². The zero-order valence-electron chi connectivity index (χ0n) is 18.4. The molecule has 3 aliphatic carbocycles. The predicted octanol–water partition coefficient (Wildman–Crippen LogP) is 5.71. The molecule has 0 spiro atoms. The maximum Gasteiger partial charge on any atom is 0.254 e. The Balaban J connectivity index is 1.16. The highest BCUT2D eigenvalue weighted by Gasteiger charge is 2.56. The Bertz CT molecular complexity index is 1330. The molecule has 34 heavy (non-hydrogen) atoms. The Morgan fingerprint density at radius 2 is 1.65 bits per heavy atom. The van der Waals surface area contributed by atoms with Crippen LogP contribution in [0.4, 0.5) is 0 Å². The van der Waals surface area contributed by atoms with Crippen molar-refractivity contribution in [2.24, 2.45) is 28.8 Å². The second kappa shape index (κ2) is 8.51. The van der Waals surface area contributed by atoms with Crippen LogP contribution >= 0.6 is 15.9 Å². The molecule has 0 unspecified atom stereocenters. The molecule has 4 atom stereocenters. The van der Waals surface area contributed by atoms with E-state index >= 15 is 0 Å². The molecular weight excluding hydrogens is 492 g/mol. The number of ether oxygens (including phenoxy) is 1. The van der Waals surface area contributed by atoms with E-state index in [0.29, 0.717) is 12.4 Å². The molecule has 0 N–H and O–H groups in total. The van der Waals surface area contributed by atoms with Gasteiger partial charge in [0.15, 0.2) is 0 Å². The van der Waals surface area contributed by atoms with Gasteiger partial charge in [-0.15, -0.1) is 0 Å². The third-order valence-electron chi connectivity index (χ3n) is 7.28. The summed E-state index contributed by atoms with van der Waals surface area (Å²) in [7, 11) is 0. The topological polar surface area (TPSA) is 59.0 Å². The van der Waals surface area contributed by atoms with Gasteiger partial charge < -0.3 is 4.74 Å². The fourth-order valence-electron chi connectivity index (χ4n) is 5.58. The van der Waals surface area contributed by atoms with Crippen LogP contribution in [0.5, 0.6) is 5.75 Å². The summed E-state index contributed by atoms with van der Waals surface area (Å²) in [5.41, 5.74) is 1.90. The van der Waals surface area contributed by atoms with Crippen LogP contribution in [0.3, 0.4) is 0 Å². The average Bonchev–Trinajstić information content (AvgIpc) is 3.14. The van der Waals surface area contributed by atoms with Crippen molar-refractivity contribution in [2.45, 2.75) is 19.4 Å². The number of hydrogen-bond acceptors (Lipinski definition) is 4. The monoisotopic (exact) mass is 514 g/mol. The summed E-state index contributed by atoms with van der Waals surface area (Å²) < 4.78 is 6.86. The van der Waals surface area contributed by atoms with Gasteiger partial charge in [0, 0.05) is 0 Å². The SMILES string of the molecule is O=C1[C@H]2[C@H](C(=O)N1/N=C\c1ccc(OCc3cccc4ccccc34)c(Br)c1)[C@H]1C=C[C@H]2CC1. The van der Waals surface area contributed by atoms with Gasteiger partial charge in [0.1, 0.15) is 12.4 Å². The number of fused-ring (bicyclic) bond motifs is 2. The third kappa shape index (κ3) is 3.57. The molecule has 7 rings (SSSR count). The molecule has 0 aromatic heterocycles. The lowest BCUT2D eigenvalue weighted by molar-refractivity contribution is -0.140. The van der Waals surface area contributed by atoms with Crippen molar-refractivity contribution in [3.8, 4) is 5.75 Å². The van der Waals surface area contributed by atoms with E-state index in [1.54, 1.807) is 6.21 Å². The zero-order valence-corrected chi connectivity index (χ0v) is 20.0. The number of nitrogens with zero attached hydrogens (tertiary/aromatic N) is 2. The van der Waals surface area contributed by atoms with E-state index in [1.807, 2.05) is 36.4 Å². The van der Waals surface area contributed by atoms with Crippen molar-refractivity contribution >= 4 is 44.7 Å². The number of amides is 2. The van der Waals surface area contributed by atoms with Crippen LogP contribution < -0.4 is 4.74 Å². The van der Waals surface area contributed by atoms with Gasteiger partial charge in [0.25, 0.3) is 11.8 Å². The second-order valence-electron chi connectivity index (χ2n) is 9.19. The first-order chi connectivity index (χ1) is 16.6. The van der Waals surface area contributed by atoms with Crippen LogP contribution in [0.15, 0.2) is 82.4 Å². The van der Waals surface area contributed by atoms with Crippen molar-refractivity contribution in [3.63, 3.8) is 0 Å². The highest BCUT2D eigenvalue weighted by Crippen LogP contribution is 2.49. The number of benzene rings is 3. The maximum atomic E-state index is 12.9. The molecular formula is C28H23BrN2O3. The summed E-state index contributed by atoms with van der Waals surface area (Å²) in [4.78, 5) is 25.8. The minimum atomic E-state index is -0.245. The quantitative estimate of drug-likeness (QED) is 0.249. The van der Waals surface area contributed by atoms with Gasteiger partial charge >= 0.3 is 0 Å². The molecule has 2 bridgehead atoms. The minimum Gasteiger partial charge on any atom is -0.488 e. The molecule has 5 nitrogen and oxygen atoms in total. The second-order valence-corrected chi connectivity index (χ2v) is 10.0. The number of halogens is 1. The Hall–Kier alpha value is -3.25. The summed E-state index contributed by atoms with van der Waals surface area (Å²) in [6.45, 7) is 0.448. The van der Waals surface area contributed by atoms with Crippen LogP contribution in [0.25, 0.3) is 10.8 Å². The third-order valence-corrected chi connectivity index (χ3v) is 7.90. The number of hydrogen-bond donors (Lipinski definition) is 0. The van der Waals surface area contributed by atoms with Gasteiger partial charge in [0.2, 0.25) is 0 Å². The molecule has 6 heteroatoms. The van der Waals surface area contributed by atoms with E-state index < -0.39 is 0 Å². The van der Waals surface area contributed by atoms with Gasteiger partial charge in [-0.1, -0.05) is 54.6 Å². The van der Waals surface area contributed by atoms with Crippen LogP contribution in [0.1, 0.15) is 24.0 Å². The lowest BCUT2D eigenvalue weighted by Crippen LogP contribution is -2.38. The summed E-state index contributed by atoms with van der Waals surface area (Å²) >= 11 is 3.58. The van der Waals surface area contributed by atoms with Crippen LogP contribution in [-0.2, 0) is 16.2 Å². The molecule has 1 saturated heterocycles. The highest BCUT2D eigenvalue weighted by molar-refractivity contribution is 9.10. The largest absolute Gasteiger partial charge is 0.488 e. The minimum absolute atomic E-state index is 0.166. The van der Waals surface area contributed by atoms with Gasteiger partial charge in [0.05, 0.1) is 22.5 Å². The molecule has 1 saturated carbocycles. The molecule has 4 aliphatic rings. The van der Waals surface area contributed by atoms with Gasteiger partial charge in [-0.3, -0.25) is 9.59 Å². The first-order valence-electron chi connectivity index (χ1n) is 11.6. The normalized spacial score (nSPS) is 25.5. The van der Waals surface area contributed by atoms with Crippen molar-refractivity contribution in [1.82, 2.24) is 5.01 Å². The van der Waals surface area contributed by atoms with Crippen LogP contribution in [0, 0.1) is 23.7 Å². The average molecular weight is 515 g/mol. The summed E-state index contributed by atoms with van der Waals surface area (Å²) in [6.07, 6.45) is 7.75. The van der Waals surface area contributed by atoms with E-state index in [-0.39, 0.29) is 35.5 Å². The summed E-state index contributed by atoms with van der Waals surface area (Å²) in [6, 6.07) is 20.1. The highest BCUT2D eigenvalue weighted by atomic mass is 79.9. The summed E-state index contributed by atoms with van der Waals surface area (Å²) in [5.74, 6) is 0.221. The van der Waals surface area contributed by atoms with E-state index in [4.69, 9.17) is 4.74 Å². The van der Waals surface area contributed by atoms with Gasteiger partial charge in [-0.25, -0.2) is 0 Å². The smallest absolute Gasteiger partial charge is 0.254 e. The van der Waals surface area contributed by atoms with Crippen LogP contribution in [0.2, 0.25) is 0 Å². The Labute approximate surface area is 206 Å². The van der Waals surface area contributed by atoms with Crippen molar-refractivity contribution in [3.05, 3.63) is 88.4 Å². The number of hydrazone groups is 1. The number of allylic oxidation sites excluding steroid dienone is 2. The Morgan fingerprint density at radius 3 is 2.35 bits per heavy atom. The number of imide groups is 1. The standard InChI is InChI=1S/C28H23BrN2O3/c29-23-14-17(8-13-24(23)34-16-21-6-3-5-18-4-1-2-7-22(18)21)15-30-31-27(32)25-19-9-10-20(12-11-19)26(25)28(31)33/h1-10,13-15,19-20,25-26H,11-12,16H2/b30-15-/t19-,20-,25+,26+/m0/s1. The molecule has 1 heterocycles. The molecule has 2 amide bonds. The first-order valence-corrected chi connectivity index (χ1v) is 12.4. The molecule has 3 aromatic rings. The number of rotatable bonds is 5. The first kappa shape index (κ1) is 21.3. The van der Waals surface area contributed by atoms with Gasteiger partial charge in [-0.05, 0) is 80.7 Å². The number of carbonyl (C=O) groups is 2. The van der Waals surface area contributed by atoms with Crippen molar-refractivity contribution < 1.29 is 14.3 Å². The maximum absolute atomic E-state index is 12.9. The predicted molar refractivity (Wildman–Crippen MR) is 134 cm³/mol. The molecule has 3 aromatic carbocycles. The van der Waals surface area contributed by atoms with E-state index in [1.165, 1.54) is 10.8 Å². The van der Waals surface area contributed by atoms with E-state index in [2.05, 4.69) is 57.4 Å². The Kier molecular flexibility index (Phi) is 5.33. The van der Waals surface area contributed by atoms with Crippen molar-refractivity contribution in [2.75, 3.05) is 0 Å². The zero-order chi connectivity index (χ0) is 23.2. The molecule has 1 aliphatic heterocycles. The number of carbonyl (C=O) groups excluding carboxylic acids is 2. The van der Waals surface area contributed by atoms with Crippen LogP contribution in [-0.4, -0.2) is 23.0 Å².